The number of alkyl halides is 6. The first-order valence-electron chi connectivity index (χ1n) is 4.72. The maximum absolute atomic E-state index is 12.2. The third-order valence-corrected chi connectivity index (χ3v) is 1.95. The Hall–Kier alpha value is -2.20. The van der Waals surface area contributed by atoms with Crippen LogP contribution in [-0.2, 0) is 0 Å². The number of nitrogens with two attached hydrogens (primary N) is 1. The van der Waals surface area contributed by atoms with E-state index in [9.17, 15) is 31.1 Å². The van der Waals surface area contributed by atoms with Crippen LogP contribution < -0.4 is 10.5 Å². The number of nitrogen functional groups attached to an aromatic ring is 1. The van der Waals surface area contributed by atoms with E-state index in [2.05, 4.69) is 9.72 Å². The van der Waals surface area contributed by atoms with E-state index < -0.39 is 41.6 Å². The molecule has 1 rings (SSSR count). The second kappa shape index (κ2) is 5.06. The van der Waals surface area contributed by atoms with Crippen molar-refractivity contribution in [3.8, 4) is 5.88 Å². The molecule has 0 bridgehead atoms. The molecule has 0 aliphatic rings. The monoisotopic (exact) mass is 304 g/mol. The van der Waals surface area contributed by atoms with E-state index in [1.165, 1.54) is 0 Å². The number of carbonyl (C=O) groups is 1. The first kappa shape index (κ1) is 15.9. The van der Waals surface area contributed by atoms with E-state index >= 15 is 0 Å². The minimum absolute atomic E-state index is 0.509. The largest absolute Gasteiger partial charge is 0.478 e. The van der Waals surface area contributed by atoms with Gasteiger partial charge in [-0.15, -0.1) is 0 Å². The number of anilines is 1. The summed E-state index contributed by atoms with van der Waals surface area (Å²) in [5.74, 6) is -2.66. The van der Waals surface area contributed by atoms with Crippen molar-refractivity contribution in [2.75, 3.05) is 5.73 Å². The third-order valence-electron chi connectivity index (χ3n) is 1.95. The lowest BCUT2D eigenvalue weighted by Gasteiger charge is -2.23. The summed E-state index contributed by atoms with van der Waals surface area (Å²) in [6.07, 6.45) is -15.0. The summed E-state index contributed by atoms with van der Waals surface area (Å²) in [5.41, 5.74) is 3.84. The molecule has 0 fully saturated rings. The average molecular weight is 304 g/mol. The SMILES string of the molecule is Nc1cc(C(=O)O)cnc1OC(C(F)(F)F)C(F)(F)F. The zero-order valence-electron chi connectivity index (χ0n) is 9.29. The van der Waals surface area contributed by atoms with Gasteiger partial charge in [-0.3, -0.25) is 0 Å². The summed E-state index contributed by atoms with van der Waals surface area (Å²) < 4.78 is 77.1. The van der Waals surface area contributed by atoms with Crippen molar-refractivity contribution in [3.63, 3.8) is 0 Å². The molecule has 0 radical (unpaired) electrons. The predicted molar refractivity (Wildman–Crippen MR) is 52.1 cm³/mol. The molecular formula is C9H6F6N2O3. The van der Waals surface area contributed by atoms with Gasteiger partial charge < -0.3 is 15.6 Å². The Labute approximate surface area is 107 Å². The number of hydrogen-bond donors (Lipinski definition) is 2. The predicted octanol–water partition coefficient (Wildman–Crippen LogP) is 2.23. The number of aromatic carboxylic acids is 1. The molecule has 0 amide bonds. The van der Waals surface area contributed by atoms with Crippen LogP contribution in [0.3, 0.4) is 0 Å². The number of rotatable bonds is 3. The second-order valence-electron chi connectivity index (χ2n) is 3.50. The van der Waals surface area contributed by atoms with Gasteiger partial charge in [-0.1, -0.05) is 0 Å². The van der Waals surface area contributed by atoms with Gasteiger partial charge in [-0.05, 0) is 6.07 Å². The summed E-state index contributed by atoms with van der Waals surface area (Å²) in [6, 6.07) is 0.633. The van der Waals surface area contributed by atoms with Crippen LogP contribution in [0.2, 0.25) is 0 Å². The van der Waals surface area contributed by atoms with Gasteiger partial charge in [0.2, 0.25) is 5.88 Å². The number of nitrogens with zero attached hydrogens (tertiary/aromatic N) is 1. The standard InChI is InChI=1S/C9H6F6N2O3/c10-8(11,12)7(9(13,14)15)20-5-4(16)1-3(2-17-5)6(18)19/h1-2,7H,16H2,(H,18,19). The molecule has 20 heavy (non-hydrogen) atoms. The van der Waals surface area contributed by atoms with Crippen LogP contribution in [0.15, 0.2) is 12.3 Å². The van der Waals surface area contributed by atoms with Crippen LogP contribution in [0.4, 0.5) is 32.0 Å². The molecule has 0 atom stereocenters. The van der Waals surface area contributed by atoms with Gasteiger partial charge in [0.15, 0.2) is 0 Å². The normalized spacial score (nSPS) is 12.6. The Bertz CT molecular complexity index is 499. The van der Waals surface area contributed by atoms with Crippen molar-refractivity contribution < 1.29 is 41.0 Å². The van der Waals surface area contributed by atoms with E-state index in [0.717, 1.165) is 0 Å². The van der Waals surface area contributed by atoms with Crippen LogP contribution in [-0.4, -0.2) is 34.5 Å². The van der Waals surface area contributed by atoms with E-state index in [1.54, 1.807) is 0 Å². The van der Waals surface area contributed by atoms with Gasteiger partial charge in [0.25, 0.3) is 6.10 Å². The molecule has 0 aliphatic heterocycles. The maximum atomic E-state index is 12.2. The second-order valence-corrected chi connectivity index (χ2v) is 3.50. The Kier molecular flexibility index (Phi) is 4.01. The molecule has 5 nitrogen and oxygen atoms in total. The minimum Gasteiger partial charge on any atom is -0.478 e. The lowest BCUT2D eigenvalue weighted by Crippen LogP contribution is -2.46. The Morgan fingerprint density at radius 1 is 1.25 bits per heavy atom. The zero-order chi connectivity index (χ0) is 15.7. The van der Waals surface area contributed by atoms with Crippen molar-refractivity contribution in [1.29, 1.82) is 0 Å². The topological polar surface area (TPSA) is 85.4 Å². The molecule has 11 heteroatoms. The number of ether oxygens (including phenoxy) is 1. The summed E-state index contributed by atoms with van der Waals surface area (Å²) >= 11 is 0. The Balaban J connectivity index is 3.10. The first-order valence-corrected chi connectivity index (χ1v) is 4.72. The number of pyridine rings is 1. The highest BCUT2D eigenvalue weighted by molar-refractivity contribution is 5.88. The molecular weight excluding hydrogens is 298 g/mol. The molecule has 0 saturated carbocycles. The van der Waals surface area contributed by atoms with Gasteiger partial charge in [0.05, 0.1) is 11.3 Å². The summed E-state index contributed by atoms with van der Waals surface area (Å²) in [5, 5.41) is 8.54. The fourth-order valence-electron chi connectivity index (χ4n) is 1.12. The van der Waals surface area contributed by atoms with Crippen LogP contribution >= 0.6 is 0 Å². The Morgan fingerprint density at radius 3 is 2.10 bits per heavy atom. The molecule has 0 saturated heterocycles. The van der Waals surface area contributed by atoms with Crippen LogP contribution in [0.25, 0.3) is 0 Å². The van der Waals surface area contributed by atoms with Gasteiger partial charge in [0, 0.05) is 6.20 Å². The molecule has 0 spiro atoms. The van der Waals surface area contributed by atoms with Crippen molar-refractivity contribution in [2.45, 2.75) is 18.5 Å². The summed E-state index contributed by atoms with van der Waals surface area (Å²) in [4.78, 5) is 13.5. The smallest absolute Gasteiger partial charge is 0.434 e. The fourth-order valence-corrected chi connectivity index (χ4v) is 1.12. The molecule has 3 N–H and O–H groups in total. The highest BCUT2D eigenvalue weighted by atomic mass is 19.4. The van der Waals surface area contributed by atoms with Crippen molar-refractivity contribution in [3.05, 3.63) is 17.8 Å². The van der Waals surface area contributed by atoms with Crippen LogP contribution in [0.5, 0.6) is 5.88 Å². The molecule has 1 heterocycles. The van der Waals surface area contributed by atoms with Crippen molar-refractivity contribution >= 4 is 11.7 Å². The van der Waals surface area contributed by atoms with Gasteiger partial charge in [0.1, 0.15) is 0 Å². The van der Waals surface area contributed by atoms with Crippen molar-refractivity contribution in [1.82, 2.24) is 4.98 Å². The van der Waals surface area contributed by atoms with Crippen LogP contribution in [0.1, 0.15) is 10.4 Å². The molecule has 112 valence electrons. The summed E-state index contributed by atoms with van der Waals surface area (Å²) in [6.45, 7) is 0. The number of halogens is 6. The highest BCUT2D eigenvalue weighted by Gasteiger charge is 2.59. The van der Waals surface area contributed by atoms with E-state index in [1.807, 2.05) is 0 Å². The quantitative estimate of drug-likeness (QED) is 0.836. The van der Waals surface area contributed by atoms with E-state index in [4.69, 9.17) is 10.8 Å². The molecule has 0 unspecified atom stereocenters. The lowest BCUT2D eigenvalue weighted by atomic mass is 10.2. The third kappa shape index (κ3) is 3.65. The minimum atomic E-state index is -5.72. The Morgan fingerprint density at radius 2 is 1.75 bits per heavy atom. The number of aromatic nitrogens is 1. The number of carboxylic acid groups (broad SMARTS) is 1. The molecule has 0 aliphatic carbocycles. The number of carboxylic acids is 1. The first-order chi connectivity index (χ1) is 8.93. The zero-order valence-corrected chi connectivity index (χ0v) is 9.29. The van der Waals surface area contributed by atoms with E-state index in [-0.39, 0.29) is 0 Å². The number of hydrogen-bond acceptors (Lipinski definition) is 4. The fraction of sp³-hybridized carbons (Fsp3) is 0.333. The van der Waals surface area contributed by atoms with Gasteiger partial charge in [-0.25, -0.2) is 9.78 Å². The average Bonchev–Trinajstić information content (AvgIpc) is 2.23. The molecule has 1 aromatic heterocycles. The lowest BCUT2D eigenvalue weighted by molar-refractivity contribution is -0.300. The molecule has 1 aromatic rings. The van der Waals surface area contributed by atoms with Gasteiger partial charge in [-0.2, -0.15) is 26.3 Å². The van der Waals surface area contributed by atoms with Crippen molar-refractivity contribution in [2.24, 2.45) is 0 Å². The molecule has 0 aromatic carbocycles. The van der Waals surface area contributed by atoms with E-state index in [0.29, 0.717) is 12.3 Å². The maximum Gasteiger partial charge on any atom is 0.434 e. The van der Waals surface area contributed by atoms with Gasteiger partial charge >= 0.3 is 18.3 Å². The highest BCUT2D eigenvalue weighted by Crippen LogP contribution is 2.37. The summed E-state index contributed by atoms with van der Waals surface area (Å²) in [7, 11) is 0. The van der Waals surface area contributed by atoms with Crippen LogP contribution in [0, 0.1) is 0 Å².